The summed E-state index contributed by atoms with van der Waals surface area (Å²) in [5.74, 6) is 3.66. The van der Waals surface area contributed by atoms with Crippen molar-refractivity contribution in [1.29, 1.82) is 21.0 Å². The van der Waals surface area contributed by atoms with Gasteiger partial charge in [-0.15, -0.1) is 0 Å². The van der Waals surface area contributed by atoms with Crippen LogP contribution >= 0.6 is 31.9 Å². The van der Waals surface area contributed by atoms with E-state index in [4.69, 9.17) is 41.0 Å². The molecule has 0 bridgehead atoms. The molecule has 33 nitrogen and oxygen atoms in total. The smallest absolute Gasteiger partial charge is 1.00 e. The van der Waals surface area contributed by atoms with Gasteiger partial charge in [-0.1, -0.05) is 36.4 Å². The third-order valence-electron chi connectivity index (χ3n) is 18.4. The Bertz CT molecular complexity index is 6840. The van der Waals surface area contributed by atoms with E-state index in [-0.39, 0.29) is 74.7 Å². The van der Waals surface area contributed by atoms with Crippen LogP contribution in [0.25, 0.3) is 22.5 Å². The van der Waals surface area contributed by atoms with Crippen molar-refractivity contribution < 1.29 is 83.3 Å². The molecule has 7 heterocycles. The Morgan fingerprint density at radius 2 is 0.746 bits per heavy atom. The first-order chi connectivity index (χ1) is 61.5. The Labute approximate surface area is 794 Å². The number of anilines is 7. The van der Waals surface area contributed by atoms with Crippen LogP contribution in [0.15, 0.2) is 285 Å². The summed E-state index contributed by atoms with van der Waals surface area (Å²) in [6.45, 7) is 2.63. The maximum atomic E-state index is 13.4. The number of halogens is 3. The Balaban J connectivity index is 0.000000226. The summed E-state index contributed by atoms with van der Waals surface area (Å²) in [4.78, 5) is 29.5. The minimum absolute atomic E-state index is 0. The molecule has 0 aliphatic heterocycles. The number of hydrogen-bond donors (Lipinski definition) is 5. The van der Waals surface area contributed by atoms with E-state index in [1.807, 2.05) is 93.6 Å². The van der Waals surface area contributed by atoms with Gasteiger partial charge < -0.3 is 51.0 Å². The van der Waals surface area contributed by atoms with Gasteiger partial charge in [-0.2, -0.15) is 34.0 Å². The number of ether oxygens (including phenoxy) is 3. The molecular weight excluding hydrogens is 1880 g/mol. The number of rotatable bonds is 25. The molecule has 0 fully saturated rings. The normalized spacial score (nSPS) is 10.9. The van der Waals surface area contributed by atoms with Crippen molar-refractivity contribution in [2.75, 3.05) is 71.2 Å². The monoisotopic (exact) mass is 1970 g/mol. The minimum Gasteiger partial charge on any atom is -1.00 e. The number of aryl methyl sites for hydroxylation is 4. The average Bonchev–Trinajstić information content (AvgIpc) is 1.66. The fraction of sp³-hybridized carbons (Fsp3) is 0.157. The van der Waals surface area contributed by atoms with E-state index >= 15 is 0 Å². The van der Waals surface area contributed by atoms with Crippen molar-refractivity contribution in [1.82, 2.24) is 66.2 Å². The van der Waals surface area contributed by atoms with Crippen LogP contribution < -0.4 is 70.2 Å². The van der Waals surface area contributed by atoms with Crippen LogP contribution in [0.1, 0.15) is 46.1 Å². The number of imidazole rings is 3. The number of methoxy groups -OCH3 is 3. The second kappa shape index (κ2) is 47.8. The zero-order chi connectivity index (χ0) is 93.8. The fourth-order valence-electron chi connectivity index (χ4n) is 11.4. The van der Waals surface area contributed by atoms with E-state index in [9.17, 15) is 38.1 Å². The van der Waals surface area contributed by atoms with E-state index in [0.29, 0.717) is 107 Å². The number of sulfonamides is 4. The number of hydrogen-bond acceptors (Lipinski definition) is 26. The standard InChI is InChI=1S/C25H24N6O3S.C21H19BrN4O3S.C17H16N6O2S.C15H15BrFNO3S.C6H5N3.C5H8N2.Na.H/c1-30-16-24(28-17-30)22-12-21(9-10-23(22)29-25-11-6-19(13-26)14-27-25)35(32,33)31(2)15-18-4-7-20(34-3)8-5-18;1-26(14-15-3-6-17(29-2)7-4-15)30(27,28)18-8-9-20(19(22)11-18)25-21-10-5-16(12-23)13-24-21;1-19-26(24,25)13-4-5-15(14(7-13)16-10-23(2)11-21-16)22-17-6-3-12(8-18)9-20-17;1-18(10-11-3-5-12(21-2)6-4-11)22(19,20)13-7-8-15(17)14(16)9-13;7-3-5-1-2-6(8)9-4-5;1-5-3-7(2)4-6-5;;/h4-12,14,16-17H,15H2,1-3H3,(H,27,29);3-11,13H,14H2,1-2H3,(H,24,25);3-7,9-11,19H,1-2H3,(H,20,22);3-9H,10H2,1-2H3;1-2,4H,(H2,8,9);3-4H,1-2H3;;/q;;;;;;+1;-1. The number of aromatic nitrogens is 10. The number of nitrogens with zero attached hydrogens (tertiary/aromatic N) is 17. The van der Waals surface area contributed by atoms with Gasteiger partial charge >= 0.3 is 29.6 Å². The van der Waals surface area contributed by atoms with Crippen molar-refractivity contribution in [2.45, 2.75) is 46.1 Å². The molecule has 0 saturated carbocycles. The van der Waals surface area contributed by atoms with Crippen LogP contribution in [0, 0.1) is 58.1 Å². The Hall–Kier alpha value is -13.1. The third kappa shape index (κ3) is 28.9. The zero-order valence-electron chi connectivity index (χ0n) is 73.3. The van der Waals surface area contributed by atoms with E-state index in [1.54, 1.807) is 209 Å². The summed E-state index contributed by atoms with van der Waals surface area (Å²) in [6, 6.07) is 60.8. The van der Waals surface area contributed by atoms with Crippen LogP contribution in [0.5, 0.6) is 17.2 Å². The maximum Gasteiger partial charge on any atom is 1.00 e. The van der Waals surface area contributed by atoms with Gasteiger partial charge in [-0.05, 0) is 220 Å². The molecule has 41 heteroatoms. The number of nitrogen functional groups attached to an aromatic ring is 1. The molecule has 7 aromatic heterocycles. The van der Waals surface area contributed by atoms with Crippen molar-refractivity contribution in [3.8, 4) is 64.0 Å². The number of nitrogens with two attached hydrogens (primary N) is 1. The molecule has 0 radical (unpaired) electrons. The molecular formula is C89H88Br2FN22NaO11S4. The van der Waals surface area contributed by atoms with Gasteiger partial charge in [0.25, 0.3) is 0 Å². The quantitative estimate of drug-likeness (QED) is 0.0332. The molecule has 0 aliphatic rings. The molecule has 130 heavy (non-hydrogen) atoms. The Morgan fingerprint density at radius 1 is 0.423 bits per heavy atom. The van der Waals surface area contributed by atoms with Crippen LogP contribution in [0.3, 0.4) is 0 Å². The molecule has 0 spiro atoms. The zero-order valence-corrected chi connectivity index (χ0v) is 80.7. The van der Waals surface area contributed by atoms with Gasteiger partial charge in [0.2, 0.25) is 40.1 Å². The van der Waals surface area contributed by atoms with E-state index in [2.05, 4.69) is 87.4 Å². The van der Waals surface area contributed by atoms with Gasteiger partial charge in [0.05, 0.1) is 109 Å². The van der Waals surface area contributed by atoms with Gasteiger partial charge in [0.15, 0.2) is 0 Å². The molecule has 14 aromatic rings. The van der Waals surface area contributed by atoms with Gasteiger partial charge in [0.1, 0.15) is 70.6 Å². The van der Waals surface area contributed by atoms with Crippen LogP contribution in [-0.4, -0.2) is 145 Å². The van der Waals surface area contributed by atoms with E-state index in [0.717, 1.165) is 28.5 Å². The fourth-order valence-corrected chi connectivity index (χ4v) is 16.9. The second-order valence-electron chi connectivity index (χ2n) is 27.8. The molecule has 0 aliphatic carbocycles. The number of nitrogens with one attached hydrogen (secondary N) is 4. The summed E-state index contributed by atoms with van der Waals surface area (Å²) in [5.41, 5.74) is 15.1. The summed E-state index contributed by atoms with van der Waals surface area (Å²) < 4.78 is 143. The first kappa shape index (κ1) is 102. The first-order valence-corrected chi connectivity index (χ1v) is 45.6. The topological polar surface area (TPSA) is 448 Å². The molecule has 0 unspecified atom stereocenters. The number of nitriles is 4. The van der Waals surface area contributed by atoms with Gasteiger partial charge in [-0.3, -0.25) is 0 Å². The first-order valence-electron chi connectivity index (χ1n) is 38.2. The predicted molar refractivity (Wildman–Crippen MR) is 496 cm³/mol. The summed E-state index contributed by atoms with van der Waals surface area (Å²) in [6.07, 6.45) is 16.5. The van der Waals surface area contributed by atoms with Gasteiger partial charge in [0, 0.05) is 132 Å². The van der Waals surface area contributed by atoms with Gasteiger partial charge in [-0.25, -0.2) is 77.7 Å². The van der Waals surface area contributed by atoms with Crippen molar-refractivity contribution >= 4 is 112 Å². The van der Waals surface area contributed by atoms with E-state index in [1.165, 1.54) is 76.1 Å². The Morgan fingerprint density at radius 3 is 1.04 bits per heavy atom. The SMILES string of the molecule is CNS(=O)(=O)c1ccc(Nc2ccc(C#N)cn2)c(-c2cn(C)cn2)c1.COc1ccc(CN(C)S(=O)(=O)c2ccc(F)c(Br)c2)cc1.COc1ccc(CN(C)S(=O)(=O)c2ccc(Nc3ccc(C#N)cn3)c(-c3cn(C)cn3)c2)cc1.COc1ccc(CN(C)S(=O)(=O)c2ccc(Nc3ccc(C#N)cn3)c(Br)c2)cc1.Cc1cn(C)cn1.N#Cc1ccc(N)nc1.[H-].[Na+]. The van der Waals surface area contributed by atoms with Crippen molar-refractivity contribution in [3.63, 3.8) is 0 Å². The Kier molecular flexibility index (Phi) is 37.6. The van der Waals surface area contributed by atoms with Crippen LogP contribution in [0.4, 0.5) is 44.7 Å². The molecule has 0 atom stereocenters. The van der Waals surface area contributed by atoms with E-state index < -0.39 is 45.9 Å². The summed E-state index contributed by atoms with van der Waals surface area (Å²) in [7, 11) is 1.57. The number of benzene rings is 7. The minimum atomic E-state index is -3.79. The summed E-state index contributed by atoms with van der Waals surface area (Å²) >= 11 is 6.42. The van der Waals surface area contributed by atoms with Crippen LogP contribution in [-0.2, 0) is 80.9 Å². The second-order valence-corrected chi connectivity index (χ2v) is 37.5. The molecule has 6 N–H and O–H groups in total. The number of pyridine rings is 4. The molecule has 666 valence electrons. The molecule has 7 aromatic carbocycles. The molecule has 14 rings (SSSR count). The van der Waals surface area contributed by atoms with Crippen molar-refractivity contribution in [3.05, 3.63) is 316 Å². The average molecular weight is 1970 g/mol. The largest absolute Gasteiger partial charge is 1.00 e. The predicted octanol–water partition coefficient (Wildman–Crippen LogP) is 12.0. The molecule has 0 amide bonds. The van der Waals surface area contributed by atoms with Crippen molar-refractivity contribution in [2.24, 2.45) is 21.1 Å². The summed E-state index contributed by atoms with van der Waals surface area (Å²) in [5, 5.41) is 44.4. The third-order valence-corrected chi connectivity index (χ3v) is 26.5. The maximum absolute atomic E-state index is 13.4. The van der Waals surface area contributed by atoms with Crippen LogP contribution in [0.2, 0.25) is 0 Å². The molecule has 0 saturated heterocycles.